The van der Waals surface area contributed by atoms with E-state index in [1.54, 1.807) is 24.3 Å². The zero-order chi connectivity index (χ0) is 21.2. The fourth-order valence-electron chi connectivity index (χ4n) is 2.80. The first-order valence-corrected chi connectivity index (χ1v) is 9.56. The van der Waals surface area contributed by atoms with E-state index in [2.05, 4.69) is 10.8 Å². The van der Waals surface area contributed by atoms with Gasteiger partial charge in [-0.05, 0) is 35.4 Å². The molecule has 1 unspecified atom stereocenters. The van der Waals surface area contributed by atoms with E-state index in [0.717, 1.165) is 23.8 Å². The van der Waals surface area contributed by atoms with Crippen LogP contribution in [0.4, 0.5) is 13.2 Å². The van der Waals surface area contributed by atoms with Crippen LogP contribution < -0.4 is 10.8 Å². The van der Waals surface area contributed by atoms with Crippen molar-refractivity contribution in [3.05, 3.63) is 75.3 Å². The number of amides is 1. The van der Waals surface area contributed by atoms with Gasteiger partial charge in [-0.1, -0.05) is 47.5 Å². The summed E-state index contributed by atoms with van der Waals surface area (Å²) in [5, 5.41) is 2.72. The summed E-state index contributed by atoms with van der Waals surface area (Å²) in [6, 6.07) is 10.2. The standard InChI is InChI=1S/C19H14Cl3F3N2O2/c20-9-17(28)26-10-11-1-3-12(4-2-11)16-8-18(29-27-16,19(23,24)25)13-5-14(21)7-15(22)6-13/h1-8,27H,9-10H2,(H,26,28). The summed E-state index contributed by atoms with van der Waals surface area (Å²) in [6.45, 7) is 0.252. The molecule has 154 valence electrons. The molecule has 4 nitrogen and oxygen atoms in total. The second-order valence-electron chi connectivity index (χ2n) is 6.26. The normalized spacial score (nSPS) is 18.9. The van der Waals surface area contributed by atoms with Crippen molar-refractivity contribution in [3.8, 4) is 0 Å². The van der Waals surface area contributed by atoms with Gasteiger partial charge in [-0.2, -0.15) is 13.2 Å². The Morgan fingerprint density at radius 1 is 1.10 bits per heavy atom. The van der Waals surface area contributed by atoms with Gasteiger partial charge in [0.1, 0.15) is 5.88 Å². The summed E-state index contributed by atoms with van der Waals surface area (Å²) in [5.41, 5.74) is 0.726. The van der Waals surface area contributed by atoms with Crippen molar-refractivity contribution in [2.75, 3.05) is 5.88 Å². The fraction of sp³-hybridized carbons (Fsp3) is 0.211. The van der Waals surface area contributed by atoms with Crippen LogP contribution in [0.25, 0.3) is 5.70 Å². The molecule has 29 heavy (non-hydrogen) atoms. The summed E-state index contributed by atoms with van der Waals surface area (Å²) >= 11 is 17.2. The molecule has 0 saturated heterocycles. The molecule has 0 saturated carbocycles. The molecule has 2 aromatic carbocycles. The lowest BCUT2D eigenvalue weighted by atomic mass is 9.91. The van der Waals surface area contributed by atoms with Crippen molar-refractivity contribution >= 4 is 46.4 Å². The van der Waals surface area contributed by atoms with Gasteiger partial charge in [0.25, 0.3) is 0 Å². The van der Waals surface area contributed by atoms with Crippen LogP contribution in [0.5, 0.6) is 0 Å². The highest BCUT2D eigenvalue weighted by atomic mass is 35.5. The van der Waals surface area contributed by atoms with Gasteiger partial charge >= 0.3 is 6.18 Å². The molecule has 0 spiro atoms. The Morgan fingerprint density at radius 3 is 2.28 bits per heavy atom. The average Bonchev–Trinajstić information content (AvgIpc) is 3.12. The molecule has 0 aliphatic carbocycles. The van der Waals surface area contributed by atoms with E-state index in [9.17, 15) is 18.0 Å². The molecule has 1 aliphatic rings. The van der Waals surface area contributed by atoms with Crippen molar-refractivity contribution in [3.63, 3.8) is 0 Å². The second kappa shape index (κ2) is 8.44. The predicted molar refractivity (Wildman–Crippen MR) is 105 cm³/mol. The fourth-order valence-corrected chi connectivity index (χ4v) is 3.42. The van der Waals surface area contributed by atoms with Crippen molar-refractivity contribution in [1.29, 1.82) is 0 Å². The van der Waals surface area contributed by atoms with Gasteiger partial charge in [0.2, 0.25) is 11.5 Å². The molecular weight excluding hydrogens is 452 g/mol. The maximum atomic E-state index is 14.0. The van der Waals surface area contributed by atoms with Gasteiger partial charge in [0.15, 0.2) is 0 Å². The van der Waals surface area contributed by atoms with Crippen LogP contribution in [0.1, 0.15) is 16.7 Å². The van der Waals surface area contributed by atoms with Gasteiger partial charge < -0.3 is 5.32 Å². The number of alkyl halides is 4. The first-order valence-electron chi connectivity index (χ1n) is 8.27. The number of benzene rings is 2. The minimum Gasteiger partial charge on any atom is -0.351 e. The largest absolute Gasteiger partial charge is 0.428 e. The number of carbonyl (C=O) groups excluding carboxylic acids is 1. The molecule has 1 aliphatic heterocycles. The van der Waals surface area contributed by atoms with Crippen LogP contribution in [0.2, 0.25) is 10.0 Å². The average molecular weight is 466 g/mol. The Bertz CT molecular complexity index is 928. The Hall–Kier alpha value is -1.93. The number of carbonyl (C=O) groups is 1. The lowest BCUT2D eigenvalue weighted by molar-refractivity contribution is -0.269. The van der Waals surface area contributed by atoms with E-state index >= 15 is 0 Å². The van der Waals surface area contributed by atoms with Crippen LogP contribution in [0.3, 0.4) is 0 Å². The van der Waals surface area contributed by atoms with Gasteiger partial charge in [-0.3, -0.25) is 15.1 Å². The van der Waals surface area contributed by atoms with Crippen LogP contribution in [0.15, 0.2) is 48.5 Å². The van der Waals surface area contributed by atoms with Crippen LogP contribution in [0, 0.1) is 0 Å². The smallest absolute Gasteiger partial charge is 0.351 e. The topological polar surface area (TPSA) is 50.4 Å². The highest BCUT2D eigenvalue weighted by Gasteiger charge is 2.59. The van der Waals surface area contributed by atoms with E-state index in [1.807, 2.05) is 0 Å². The third-order valence-electron chi connectivity index (χ3n) is 4.26. The van der Waals surface area contributed by atoms with Crippen molar-refractivity contribution in [2.45, 2.75) is 18.3 Å². The van der Waals surface area contributed by atoms with E-state index in [1.165, 1.54) is 6.07 Å². The molecule has 3 rings (SSSR count). The van der Waals surface area contributed by atoms with Crippen molar-refractivity contribution in [1.82, 2.24) is 10.8 Å². The second-order valence-corrected chi connectivity index (χ2v) is 7.40. The Morgan fingerprint density at radius 2 is 1.72 bits per heavy atom. The molecular formula is C19H14Cl3F3N2O2. The van der Waals surface area contributed by atoms with E-state index in [4.69, 9.17) is 39.6 Å². The number of hydroxylamine groups is 1. The van der Waals surface area contributed by atoms with Crippen molar-refractivity contribution < 1.29 is 22.8 Å². The molecule has 2 aromatic rings. The lowest BCUT2D eigenvalue weighted by Crippen LogP contribution is -2.42. The Labute approximate surface area is 179 Å². The molecule has 0 fully saturated rings. The first kappa shape index (κ1) is 21.8. The molecule has 1 amide bonds. The summed E-state index contributed by atoms with van der Waals surface area (Å²) in [7, 11) is 0. The van der Waals surface area contributed by atoms with Crippen LogP contribution in [-0.4, -0.2) is 18.0 Å². The summed E-state index contributed by atoms with van der Waals surface area (Å²) < 4.78 is 41.9. The van der Waals surface area contributed by atoms with Crippen molar-refractivity contribution in [2.24, 2.45) is 0 Å². The number of halogens is 6. The maximum Gasteiger partial charge on any atom is 0.428 e. The monoisotopic (exact) mass is 464 g/mol. The van der Waals surface area contributed by atoms with Crippen LogP contribution >= 0.6 is 34.8 Å². The third-order valence-corrected chi connectivity index (χ3v) is 4.94. The molecule has 0 aromatic heterocycles. The van der Waals surface area contributed by atoms with Gasteiger partial charge in [0, 0.05) is 22.2 Å². The quantitative estimate of drug-likeness (QED) is 0.598. The molecule has 0 radical (unpaired) electrons. The number of hydrogen-bond donors (Lipinski definition) is 2. The third kappa shape index (κ3) is 4.64. The Kier molecular flexibility index (Phi) is 6.33. The Balaban J connectivity index is 1.92. The molecule has 1 atom stereocenters. The number of rotatable bonds is 5. The zero-order valence-electron chi connectivity index (χ0n) is 14.6. The minimum absolute atomic E-state index is 0.0601. The zero-order valence-corrected chi connectivity index (χ0v) is 16.9. The molecule has 0 bridgehead atoms. The summed E-state index contributed by atoms with van der Waals surface area (Å²) in [5.74, 6) is -0.473. The SMILES string of the molecule is O=C(CCl)NCc1ccc(C2=CC(c3cc(Cl)cc(Cl)c3)(C(F)(F)F)ON2)cc1. The molecule has 1 heterocycles. The first-order chi connectivity index (χ1) is 13.6. The molecule has 2 N–H and O–H groups in total. The van der Waals surface area contributed by atoms with Gasteiger partial charge in [-0.25, -0.2) is 0 Å². The van der Waals surface area contributed by atoms with Crippen LogP contribution in [-0.2, 0) is 21.8 Å². The van der Waals surface area contributed by atoms with E-state index < -0.39 is 11.8 Å². The highest BCUT2D eigenvalue weighted by molar-refractivity contribution is 6.34. The number of nitrogens with one attached hydrogen (secondary N) is 2. The summed E-state index contributed by atoms with van der Waals surface area (Å²) in [4.78, 5) is 16.2. The minimum atomic E-state index is -4.78. The molecule has 10 heteroatoms. The van der Waals surface area contributed by atoms with E-state index in [-0.39, 0.29) is 39.6 Å². The van der Waals surface area contributed by atoms with Gasteiger partial charge in [-0.15, -0.1) is 11.6 Å². The van der Waals surface area contributed by atoms with Gasteiger partial charge in [0.05, 0.1) is 5.70 Å². The lowest BCUT2D eigenvalue weighted by Gasteiger charge is -2.28. The maximum absolute atomic E-state index is 14.0. The highest BCUT2D eigenvalue weighted by Crippen LogP contribution is 2.48. The number of hydrogen-bond acceptors (Lipinski definition) is 3. The predicted octanol–water partition coefficient (Wildman–Crippen LogP) is 5.18. The van der Waals surface area contributed by atoms with E-state index in [0.29, 0.717) is 5.56 Å². The summed E-state index contributed by atoms with van der Waals surface area (Å²) in [6.07, 6.45) is -3.83.